The standard InChI is InChI=1S/C17H16ClF3N4O2S/c1-24-7-8(11-6-12(18)25(2)23-11)13(16(24)28)15(26)22-10-5-3-4-9(19)14(10)27-17(20)21/h3-6,8,13,17H,7H2,1-2H3,(H,22,26)/t8-,13+/m1/s1. The Labute approximate surface area is 169 Å². The molecule has 1 aromatic heterocycles. The number of anilines is 1. The molecule has 0 spiro atoms. The molecule has 1 amide bonds. The van der Waals surface area contributed by atoms with Crippen molar-refractivity contribution in [1.29, 1.82) is 0 Å². The van der Waals surface area contributed by atoms with Crippen LogP contribution in [-0.2, 0) is 11.8 Å². The number of halogens is 4. The smallest absolute Gasteiger partial charge is 0.387 e. The Kier molecular flexibility index (Phi) is 5.80. The van der Waals surface area contributed by atoms with E-state index in [1.165, 1.54) is 16.8 Å². The average molecular weight is 433 g/mol. The number of rotatable bonds is 5. The van der Waals surface area contributed by atoms with E-state index in [-0.39, 0.29) is 5.69 Å². The molecule has 0 radical (unpaired) electrons. The maximum absolute atomic E-state index is 13.9. The summed E-state index contributed by atoms with van der Waals surface area (Å²) in [6, 6.07) is 5.15. The zero-order chi connectivity index (χ0) is 20.6. The van der Waals surface area contributed by atoms with Gasteiger partial charge in [-0.1, -0.05) is 29.9 Å². The average Bonchev–Trinajstić information content (AvgIpc) is 3.10. The second-order valence-corrected chi connectivity index (χ2v) is 7.11. The highest BCUT2D eigenvalue weighted by Gasteiger charge is 2.43. The fourth-order valence-electron chi connectivity index (χ4n) is 3.13. The van der Waals surface area contributed by atoms with Gasteiger partial charge in [0.1, 0.15) is 5.15 Å². The molecule has 3 rings (SSSR count). The van der Waals surface area contributed by atoms with Crippen molar-refractivity contribution < 1.29 is 22.7 Å². The summed E-state index contributed by atoms with van der Waals surface area (Å²) < 4.78 is 44.8. The Morgan fingerprint density at radius 2 is 2.14 bits per heavy atom. The molecule has 1 aliphatic rings. The van der Waals surface area contributed by atoms with Crippen LogP contribution in [0.25, 0.3) is 0 Å². The lowest BCUT2D eigenvalue weighted by Gasteiger charge is -2.18. The Hall–Kier alpha value is -2.33. The quantitative estimate of drug-likeness (QED) is 0.734. The number of para-hydroxylation sites is 1. The molecule has 6 nitrogen and oxygen atoms in total. The molecule has 2 aromatic rings. The summed E-state index contributed by atoms with van der Waals surface area (Å²) in [5, 5.41) is 7.15. The minimum absolute atomic E-state index is 0.208. The second-order valence-electron chi connectivity index (χ2n) is 6.30. The SMILES string of the molecule is CN1C[C@H](c2cc(Cl)n(C)n2)[C@@H](C(=O)Nc2cccc(F)c2OC(F)F)C1=S. The van der Waals surface area contributed by atoms with Crippen LogP contribution in [0.3, 0.4) is 0 Å². The van der Waals surface area contributed by atoms with Crippen LogP contribution in [0.2, 0.25) is 5.15 Å². The monoisotopic (exact) mass is 432 g/mol. The first-order chi connectivity index (χ1) is 13.2. The molecule has 0 saturated carbocycles. The van der Waals surface area contributed by atoms with Gasteiger partial charge in [-0.15, -0.1) is 0 Å². The molecule has 1 fully saturated rings. The molecular formula is C17H16ClF3N4O2S. The summed E-state index contributed by atoms with van der Waals surface area (Å²) in [7, 11) is 3.40. The lowest BCUT2D eigenvalue weighted by Crippen LogP contribution is -2.32. The van der Waals surface area contributed by atoms with Crippen LogP contribution in [0.4, 0.5) is 18.9 Å². The van der Waals surface area contributed by atoms with Crippen molar-refractivity contribution in [1.82, 2.24) is 14.7 Å². The lowest BCUT2D eigenvalue weighted by atomic mass is 9.92. The third-order valence-electron chi connectivity index (χ3n) is 4.45. The van der Waals surface area contributed by atoms with E-state index >= 15 is 0 Å². The number of likely N-dealkylation sites (N-methyl/N-ethyl adjacent to an activating group) is 1. The third kappa shape index (κ3) is 3.93. The largest absolute Gasteiger partial charge is 0.429 e. The first kappa shape index (κ1) is 20.4. The molecule has 1 aliphatic heterocycles. The first-order valence-electron chi connectivity index (χ1n) is 8.17. The number of nitrogens with one attached hydrogen (secondary N) is 1. The van der Waals surface area contributed by atoms with Crippen molar-refractivity contribution in [2.75, 3.05) is 18.9 Å². The van der Waals surface area contributed by atoms with Crippen molar-refractivity contribution in [2.45, 2.75) is 12.5 Å². The molecule has 1 N–H and O–H groups in total. The highest BCUT2D eigenvalue weighted by atomic mass is 35.5. The van der Waals surface area contributed by atoms with Crippen LogP contribution < -0.4 is 10.1 Å². The number of aryl methyl sites for hydroxylation is 1. The number of carbonyl (C=O) groups is 1. The zero-order valence-electron chi connectivity index (χ0n) is 14.8. The molecule has 0 unspecified atom stereocenters. The maximum atomic E-state index is 13.9. The fraction of sp³-hybridized carbons (Fsp3) is 0.353. The van der Waals surface area contributed by atoms with Gasteiger partial charge in [0.05, 0.1) is 22.3 Å². The van der Waals surface area contributed by atoms with Crippen LogP contribution in [0.5, 0.6) is 5.75 Å². The van der Waals surface area contributed by atoms with Gasteiger partial charge in [0, 0.05) is 26.6 Å². The number of hydrogen-bond donors (Lipinski definition) is 1. The molecule has 2 heterocycles. The summed E-state index contributed by atoms with van der Waals surface area (Å²) >= 11 is 11.4. The molecule has 1 aromatic carbocycles. The topological polar surface area (TPSA) is 59.4 Å². The van der Waals surface area contributed by atoms with E-state index in [9.17, 15) is 18.0 Å². The lowest BCUT2D eigenvalue weighted by molar-refractivity contribution is -0.118. The van der Waals surface area contributed by atoms with Crippen LogP contribution in [-0.4, -0.2) is 45.8 Å². The zero-order valence-corrected chi connectivity index (χ0v) is 16.4. The van der Waals surface area contributed by atoms with Crippen molar-refractivity contribution >= 4 is 40.4 Å². The summed E-state index contributed by atoms with van der Waals surface area (Å²) in [4.78, 5) is 15.0. The number of aromatic nitrogens is 2. The number of carbonyl (C=O) groups excluding carboxylic acids is 1. The van der Waals surface area contributed by atoms with Gasteiger partial charge in [-0.05, 0) is 18.2 Å². The number of likely N-dealkylation sites (tertiary alicyclic amines) is 1. The van der Waals surface area contributed by atoms with E-state index in [0.29, 0.717) is 22.4 Å². The van der Waals surface area contributed by atoms with E-state index in [1.807, 2.05) is 0 Å². The fourth-order valence-corrected chi connectivity index (χ4v) is 3.63. The number of benzene rings is 1. The molecular weight excluding hydrogens is 417 g/mol. The highest BCUT2D eigenvalue weighted by molar-refractivity contribution is 7.80. The molecule has 1 saturated heterocycles. The van der Waals surface area contributed by atoms with Gasteiger partial charge in [0.25, 0.3) is 0 Å². The minimum Gasteiger partial charge on any atom is -0.429 e. The van der Waals surface area contributed by atoms with E-state index in [4.69, 9.17) is 23.8 Å². The molecule has 2 atom stereocenters. The molecule has 0 aliphatic carbocycles. The van der Waals surface area contributed by atoms with Crippen molar-refractivity contribution in [3.05, 3.63) is 40.9 Å². The van der Waals surface area contributed by atoms with Crippen LogP contribution >= 0.6 is 23.8 Å². The summed E-state index contributed by atoms with van der Waals surface area (Å²) in [5.74, 6) is -3.54. The van der Waals surface area contributed by atoms with Gasteiger partial charge in [-0.25, -0.2) is 4.39 Å². The van der Waals surface area contributed by atoms with Crippen molar-refractivity contribution in [3.63, 3.8) is 0 Å². The van der Waals surface area contributed by atoms with Crippen LogP contribution in [0.15, 0.2) is 24.3 Å². The van der Waals surface area contributed by atoms with Crippen LogP contribution in [0, 0.1) is 11.7 Å². The van der Waals surface area contributed by atoms with E-state index in [2.05, 4.69) is 15.2 Å². The molecule has 28 heavy (non-hydrogen) atoms. The van der Waals surface area contributed by atoms with Crippen molar-refractivity contribution in [2.24, 2.45) is 13.0 Å². The Bertz CT molecular complexity index is 904. The molecule has 150 valence electrons. The number of thiocarbonyl (C=S) groups is 1. The number of hydrogen-bond acceptors (Lipinski definition) is 4. The van der Waals surface area contributed by atoms with Gasteiger partial charge in [-0.3, -0.25) is 9.48 Å². The van der Waals surface area contributed by atoms with Gasteiger partial charge in [0.2, 0.25) is 5.91 Å². The van der Waals surface area contributed by atoms with E-state index in [0.717, 1.165) is 6.07 Å². The number of nitrogens with zero attached hydrogens (tertiary/aromatic N) is 3. The number of amides is 1. The minimum atomic E-state index is -3.24. The predicted molar refractivity (Wildman–Crippen MR) is 101 cm³/mol. The normalized spacial score (nSPS) is 19.4. The van der Waals surface area contributed by atoms with Crippen molar-refractivity contribution in [3.8, 4) is 5.75 Å². The summed E-state index contributed by atoms with van der Waals surface area (Å²) in [6.45, 7) is -2.82. The van der Waals surface area contributed by atoms with Crippen LogP contribution in [0.1, 0.15) is 11.6 Å². The predicted octanol–water partition coefficient (Wildman–Crippen LogP) is 3.43. The molecule has 0 bridgehead atoms. The Morgan fingerprint density at radius 1 is 1.43 bits per heavy atom. The maximum Gasteiger partial charge on any atom is 0.387 e. The van der Waals surface area contributed by atoms with Gasteiger partial charge in [-0.2, -0.15) is 13.9 Å². The highest BCUT2D eigenvalue weighted by Crippen LogP contribution is 2.36. The van der Waals surface area contributed by atoms with Gasteiger partial charge < -0.3 is 15.0 Å². The molecule has 11 heteroatoms. The number of ether oxygens (including phenoxy) is 1. The summed E-state index contributed by atoms with van der Waals surface area (Å²) in [5.41, 5.74) is 0.364. The van der Waals surface area contributed by atoms with Gasteiger partial charge in [0.15, 0.2) is 11.6 Å². The van der Waals surface area contributed by atoms with E-state index < -0.39 is 35.9 Å². The van der Waals surface area contributed by atoms with E-state index in [1.54, 1.807) is 25.1 Å². The second kappa shape index (κ2) is 7.96. The Morgan fingerprint density at radius 3 is 2.75 bits per heavy atom. The summed E-state index contributed by atoms with van der Waals surface area (Å²) in [6.07, 6.45) is 0. The third-order valence-corrected chi connectivity index (χ3v) is 5.37. The first-order valence-corrected chi connectivity index (χ1v) is 8.96. The van der Waals surface area contributed by atoms with Gasteiger partial charge >= 0.3 is 6.61 Å². The Balaban J connectivity index is 1.90. The number of alkyl halides is 2.